The summed E-state index contributed by atoms with van der Waals surface area (Å²) in [5.41, 5.74) is 5.66. The van der Waals surface area contributed by atoms with Gasteiger partial charge in [0.05, 0.1) is 31.4 Å². The van der Waals surface area contributed by atoms with Gasteiger partial charge in [0.1, 0.15) is 6.61 Å². The molecule has 13 nitrogen and oxygen atoms in total. The van der Waals surface area contributed by atoms with Crippen LogP contribution in [0.5, 0.6) is 5.88 Å². The number of ether oxygens (including phenoxy) is 3. The van der Waals surface area contributed by atoms with Crippen molar-refractivity contribution >= 4 is 41.0 Å². The zero-order chi connectivity index (χ0) is 46.6. The highest BCUT2D eigenvalue weighted by molar-refractivity contribution is 6.11. The van der Waals surface area contributed by atoms with Crippen LogP contribution in [-0.4, -0.2) is 84.3 Å². The SMILES string of the molecule is CCCOc1ccc(NC(=O)c2cccc(CN(CCN(C)C(=O)CCC(=O)OCc3ccccc3)C(CC)CC)c2)c(C(=O)Nc2ccc(CCc3ccc(C(=O)OC)cc3)cc2)n1. The summed E-state index contributed by atoms with van der Waals surface area (Å²) in [6, 6.07) is 35.1. The van der Waals surface area contributed by atoms with Crippen molar-refractivity contribution in [2.24, 2.45) is 0 Å². The summed E-state index contributed by atoms with van der Waals surface area (Å²) in [7, 11) is 3.10. The van der Waals surface area contributed by atoms with Crippen molar-refractivity contribution < 1.29 is 38.2 Å². The first-order chi connectivity index (χ1) is 31.5. The average molecular weight is 884 g/mol. The molecule has 0 unspecified atom stereocenters. The molecule has 0 saturated heterocycles. The molecule has 13 heteroatoms. The lowest BCUT2D eigenvalue weighted by Gasteiger charge is -2.32. The molecule has 5 rings (SSSR count). The fourth-order valence-corrected chi connectivity index (χ4v) is 7.21. The lowest BCUT2D eigenvalue weighted by molar-refractivity contribution is -0.147. The van der Waals surface area contributed by atoms with E-state index in [1.54, 1.807) is 42.3 Å². The number of methoxy groups -OCH3 is 1. The molecule has 2 N–H and O–H groups in total. The molecule has 3 amide bonds. The Kier molecular flexibility index (Phi) is 19.2. The number of carbonyl (C=O) groups excluding carboxylic acids is 5. The van der Waals surface area contributed by atoms with Gasteiger partial charge in [-0.2, -0.15) is 0 Å². The summed E-state index contributed by atoms with van der Waals surface area (Å²) in [4.78, 5) is 73.2. The van der Waals surface area contributed by atoms with E-state index in [0.717, 1.165) is 54.4 Å². The number of hydrogen-bond donors (Lipinski definition) is 2. The first-order valence-electron chi connectivity index (χ1n) is 22.3. The van der Waals surface area contributed by atoms with E-state index in [4.69, 9.17) is 14.2 Å². The smallest absolute Gasteiger partial charge is 0.337 e. The third-order valence-corrected chi connectivity index (χ3v) is 11.0. The van der Waals surface area contributed by atoms with Crippen molar-refractivity contribution in [2.45, 2.75) is 84.9 Å². The summed E-state index contributed by atoms with van der Waals surface area (Å²) in [5.74, 6) is -1.57. The monoisotopic (exact) mass is 883 g/mol. The summed E-state index contributed by atoms with van der Waals surface area (Å²) in [5, 5.41) is 5.83. The molecule has 65 heavy (non-hydrogen) atoms. The second-order valence-corrected chi connectivity index (χ2v) is 15.8. The Labute approximate surface area is 382 Å². The number of carbonyl (C=O) groups is 5. The highest BCUT2D eigenvalue weighted by Gasteiger charge is 2.21. The molecule has 0 radical (unpaired) electrons. The number of aromatic nitrogens is 1. The van der Waals surface area contributed by atoms with Crippen LogP contribution >= 0.6 is 0 Å². The Morgan fingerprint density at radius 1 is 0.677 bits per heavy atom. The molecule has 4 aromatic carbocycles. The van der Waals surface area contributed by atoms with E-state index < -0.39 is 17.8 Å². The van der Waals surface area contributed by atoms with Crippen molar-refractivity contribution in [1.82, 2.24) is 14.8 Å². The topological polar surface area (TPSA) is 156 Å². The second-order valence-electron chi connectivity index (χ2n) is 15.8. The zero-order valence-electron chi connectivity index (χ0n) is 38.1. The predicted molar refractivity (Wildman–Crippen MR) is 252 cm³/mol. The second kappa shape index (κ2) is 25.4. The van der Waals surface area contributed by atoms with Gasteiger partial charge in [-0.3, -0.25) is 24.1 Å². The molecule has 0 atom stereocenters. The van der Waals surface area contributed by atoms with Crippen LogP contribution in [0.2, 0.25) is 0 Å². The first kappa shape index (κ1) is 49.2. The number of aryl methyl sites for hydroxylation is 2. The van der Waals surface area contributed by atoms with E-state index in [9.17, 15) is 24.0 Å². The van der Waals surface area contributed by atoms with Gasteiger partial charge in [-0.25, -0.2) is 9.78 Å². The van der Waals surface area contributed by atoms with Crippen molar-refractivity contribution in [3.05, 3.63) is 154 Å². The minimum Gasteiger partial charge on any atom is -0.478 e. The van der Waals surface area contributed by atoms with E-state index in [0.29, 0.717) is 43.1 Å². The van der Waals surface area contributed by atoms with Gasteiger partial charge in [0, 0.05) is 56.5 Å². The van der Waals surface area contributed by atoms with Gasteiger partial charge in [0.25, 0.3) is 11.8 Å². The quantitative estimate of drug-likeness (QED) is 0.0574. The maximum atomic E-state index is 13.8. The van der Waals surface area contributed by atoms with Crippen LogP contribution in [0.4, 0.5) is 11.4 Å². The number of nitrogens with zero attached hydrogens (tertiary/aromatic N) is 3. The largest absolute Gasteiger partial charge is 0.478 e. The summed E-state index contributed by atoms with van der Waals surface area (Å²) >= 11 is 0. The normalized spacial score (nSPS) is 10.9. The lowest BCUT2D eigenvalue weighted by atomic mass is 10.0. The zero-order valence-corrected chi connectivity index (χ0v) is 38.1. The number of esters is 2. The third-order valence-electron chi connectivity index (χ3n) is 11.0. The number of anilines is 2. The number of nitrogens with one attached hydrogen (secondary N) is 2. The van der Waals surface area contributed by atoms with Gasteiger partial charge in [-0.15, -0.1) is 0 Å². The van der Waals surface area contributed by atoms with E-state index in [-0.39, 0.29) is 54.6 Å². The van der Waals surface area contributed by atoms with E-state index >= 15 is 0 Å². The van der Waals surface area contributed by atoms with Crippen LogP contribution in [0.3, 0.4) is 0 Å². The minimum atomic E-state index is -0.512. The van der Waals surface area contributed by atoms with Crippen LogP contribution < -0.4 is 15.4 Å². The fourth-order valence-electron chi connectivity index (χ4n) is 7.21. The van der Waals surface area contributed by atoms with Crippen LogP contribution in [0.25, 0.3) is 0 Å². The average Bonchev–Trinajstić information content (AvgIpc) is 3.34. The number of likely N-dealkylation sites (N-methyl/N-ethyl adjacent to an activating group) is 1. The van der Waals surface area contributed by atoms with E-state index in [1.807, 2.05) is 91.9 Å². The summed E-state index contributed by atoms with van der Waals surface area (Å²) < 4.78 is 15.9. The number of pyridine rings is 1. The predicted octanol–water partition coefficient (Wildman–Crippen LogP) is 8.92. The molecule has 1 heterocycles. The maximum Gasteiger partial charge on any atom is 0.337 e. The molecule has 0 aliphatic carbocycles. The third kappa shape index (κ3) is 15.4. The van der Waals surface area contributed by atoms with Crippen molar-refractivity contribution in [2.75, 3.05) is 44.5 Å². The Bertz CT molecular complexity index is 2330. The van der Waals surface area contributed by atoms with Crippen molar-refractivity contribution in [1.29, 1.82) is 0 Å². The summed E-state index contributed by atoms with van der Waals surface area (Å²) in [6.45, 7) is 8.43. The molecule has 342 valence electrons. The molecule has 5 aromatic rings. The van der Waals surface area contributed by atoms with Gasteiger partial charge in [0.15, 0.2) is 5.69 Å². The number of amides is 3. The number of rotatable bonds is 24. The van der Waals surface area contributed by atoms with Crippen LogP contribution in [-0.2, 0) is 45.1 Å². The van der Waals surface area contributed by atoms with Crippen molar-refractivity contribution in [3.63, 3.8) is 0 Å². The molecule has 0 bridgehead atoms. The van der Waals surface area contributed by atoms with Crippen LogP contribution in [0, 0.1) is 0 Å². The molecule has 0 spiro atoms. The first-order valence-corrected chi connectivity index (χ1v) is 22.3. The Hall–Kier alpha value is -6.86. The molecule has 0 fully saturated rings. The fraction of sp³-hybridized carbons (Fsp3) is 0.346. The van der Waals surface area contributed by atoms with Gasteiger partial charge < -0.3 is 29.7 Å². The number of benzene rings is 4. The van der Waals surface area contributed by atoms with E-state index in [2.05, 4.69) is 34.4 Å². The van der Waals surface area contributed by atoms with Gasteiger partial charge in [0.2, 0.25) is 11.8 Å². The molecule has 0 aliphatic heterocycles. The van der Waals surface area contributed by atoms with Gasteiger partial charge in [-0.1, -0.05) is 87.5 Å². The van der Waals surface area contributed by atoms with Gasteiger partial charge in [-0.05, 0) is 96.8 Å². The Balaban J connectivity index is 1.20. The van der Waals surface area contributed by atoms with Crippen molar-refractivity contribution in [3.8, 4) is 5.88 Å². The number of hydrogen-bond acceptors (Lipinski definition) is 10. The lowest BCUT2D eigenvalue weighted by Crippen LogP contribution is -2.41. The standard InChI is InChI=1S/C52H61N5O8/c1-6-33-64-46-28-27-45(49(55-46)51(61)53-43-25-21-38(22-26-43)18-17-37-19-23-41(24-20-37)52(62)63-5)54-50(60)42-16-12-15-40(34-42)35-57(44(7-2)8-3)32-31-56(4)47(58)29-30-48(59)65-36-39-13-10-9-11-14-39/h9-16,19-28,34,44H,6-8,17-18,29-33,35-36H2,1-5H3,(H,53,61)(H,54,60). The molecular weight excluding hydrogens is 823 g/mol. The van der Waals surface area contributed by atoms with E-state index in [1.165, 1.54) is 7.11 Å². The van der Waals surface area contributed by atoms with Crippen LogP contribution in [0.1, 0.15) is 106 Å². The Morgan fingerprint density at radius 2 is 1.35 bits per heavy atom. The highest BCUT2D eigenvalue weighted by atomic mass is 16.5. The highest BCUT2D eigenvalue weighted by Crippen LogP contribution is 2.23. The molecular formula is C52H61N5O8. The molecule has 1 aromatic heterocycles. The molecule has 0 saturated carbocycles. The Morgan fingerprint density at radius 3 is 2.02 bits per heavy atom. The molecule has 0 aliphatic rings. The van der Waals surface area contributed by atoms with Gasteiger partial charge >= 0.3 is 11.9 Å². The maximum absolute atomic E-state index is 13.8. The summed E-state index contributed by atoms with van der Waals surface area (Å²) in [6.07, 6.45) is 4.14. The van der Waals surface area contributed by atoms with Crippen LogP contribution in [0.15, 0.2) is 115 Å². The minimum absolute atomic E-state index is 0.00485.